The van der Waals surface area contributed by atoms with Gasteiger partial charge in [-0.2, -0.15) is 4.31 Å². The van der Waals surface area contributed by atoms with Crippen molar-refractivity contribution in [2.24, 2.45) is 0 Å². The third-order valence-electron chi connectivity index (χ3n) is 3.35. The fourth-order valence-corrected chi connectivity index (χ4v) is 5.98. The van der Waals surface area contributed by atoms with Crippen LogP contribution in [-0.2, 0) is 19.9 Å². The van der Waals surface area contributed by atoms with Crippen molar-refractivity contribution in [3.63, 3.8) is 0 Å². The molecule has 5 nitrogen and oxygen atoms in total. The largest absolute Gasteiger partial charge is 0.243 e. The molecular weight excluding hydrogens is 322 g/mol. The van der Waals surface area contributed by atoms with E-state index in [4.69, 9.17) is 11.6 Å². The summed E-state index contributed by atoms with van der Waals surface area (Å²) in [5, 5.41) is 0.454. The molecule has 2 rings (SSSR count). The van der Waals surface area contributed by atoms with Crippen LogP contribution in [0.25, 0.3) is 0 Å². The van der Waals surface area contributed by atoms with Crippen LogP contribution in [0, 0.1) is 0 Å². The lowest BCUT2D eigenvalue weighted by molar-refractivity contribution is 0.354. The first-order valence-electron chi connectivity index (χ1n) is 6.24. The third kappa shape index (κ3) is 3.16. The number of sulfonamides is 1. The molecule has 1 aromatic rings. The summed E-state index contributed by atoms with van der Waals surface area (Å²) in [5.74, 6) is -0.0576. The Kier molecular flexibility index (Phi) is 4.44. The summed E-state index contributed by atoms with van der Waals surface area (Å²) in [4.78, 5) is 0.132. The standard InChI is InChI=1S/C12H16ClNO4S2/c1-2-14(11-7-8-19(15,16)9-11)20(17,18)12-5-3-10(13)4-6-12/h3-6,11H,2,7-9H2,1H3/t11-/m0/s1. The van der Waals surface area contributed by atoms with Gasteiger partial charge in [-0.05, 0) is 30.7 Å². The van der Waals surface area contributed by atoms with Crippen LogP contribution < -0.4 is 0 Å². The van der Waals surface area contributed by atoms with E-state index >= 15 is 0 Å². The van der Waals surface area contributed by atoms with Gasteiger partial charge in [-0.15, -0.1) is 0 Å². The average Bonchev–Trinajstić information content (AvgIpc) is 2.70. The van der Waals surface area contributed by atoms with Gasteiger partial charge in [-0.3, -0.25) is 0 Å². The van der Waals surface area contributed by atoms with Crippen molar-refractivity contribution in [1.29, 1.82) is 0 Å². The van der Waals surface area contributed by atoms with Crippen LogP contribution in [0.15, 0.2) is 29.2 Å². The maximum absolute atomic E-state index is 12.6. The molecule has 112 valence electrons. The van der Waals surface area contributed by atoms with Crippen molar-refractivity contribution in [2.45, 2.75) is 24.3 Å². The lowest BCUT2D eigenvalue weighted by Gasteiger charge is -2.25. The Labute approximate surface area is 124 Å². The van der Waals surface area contributed by atoms with Crippen LogP contribution in [0.3, 0.4) is 0 Å². The molecule has 0 aliphatic carbocycles. The van der Waals surface area contributed by atoms with Crippen LogP contribution in [0.2, 0.25) is 5.02 Å². The summed E-state index contributed by atoms with van der Waals surface area (Å²) in [7, 11) is -6.82. The summed E-state index contributed by atoms with van der Waals surface area (Å²) in [6.45, 7) is 1.95. The Morgan fingerprint density at radius 3 is 2.35 bits per heavy atom. The SMILES string of the molecule is CCN([C@H]1CCS(=O)(=O)C1)S(=O)(=O)c1ccc(Cl)cc1. The minimum Gasteiger partial charge on any atom is -0.229 e. The maximum Gasteiger partial charge on any atom is 0.243 e. The van der Waals surface area contributed by atoms with Crippen molar-refractivity contribution >= 4 is 31.5 Å². The first-order chi connectivity index (χ1) is 9.26. The van der Waals surface area contributed by atoms with E-state index in [1.54, 1.807) is 6.92 Å². The predicted octanol–water partition coefficient (Wildman–Crippen LogP) is 1.54. The minimum absolute atomic E-state index is 0.0459. The Bertz CT molecular complexity index is 683. The minimum atomic E-state index is -3.69. The molecule has 0 bridgehead atoms. The first-order valence-corrected chi connectivity index (χ1v) is 9.88. The van der Waals surface area contributed by atoms with Crippen LogP contribution >= 0.6 is 11.6 Å². The number of hydrogen-bond donors (Lipinski definition) is 0. The molecule has 8 heteroatoms. The smallest absolute Gasteiger partial charge is 0.229 e. The highest BCUT2D eigenvalue weighted by Crippen LogP contribution is 2.25. The van der Waals surface area contributed by atoms with Gasteiger partial charge in [0, 0.05) is 17.6 Å². The average molecular weight is 338 g/mol. The van der Waals surface area contributed by atoms with Gasteiger partial charge in [-0.1, -0.05) is 18.5 Å². The topological polar surface area (TPSA) is 71.5 Å². The number of halogens is 1. The number of rotatable bonds is 4. The molecule has 1 fully saturated rings. The van der Waals surface area contributed by atoms with E-state index in [0.29, 0.717) is 11.4 Å². The summed E-state index contributed by atoms with van der Waals surface area (Å²) in [5.41, 5.74) is 0. The molecule has 1 saturated heterocycles. The number of nitrogens with zero attached hydrogens (tertiary/aromatic N) is 1. The molecule has 0 unspecified atom stereocenters. The highest BCUT2D eigenvalue weighted by molar-refractivity contribution is 7.92. The number of sulfone groups is 1. The van der Waals surface area contributed by atoms with Crippen LogP contribution in [-0.4, -0.2) is 45.2 Å². The molecule has 0 radical (unpaired) electrons. The number of hydrogen-bond acceptors (Lipinski definition) is 4. The van der Waals surface area contributed by atoms with E-state index in [9.17, 15) is 16.8 Å². The van der Waals surface area contributed by atoms with E-state index < -0.39 is 25.9 Å². The van der Waals surface area contributed by atoms with Gasteiger partial charge in [0.1, 0.15) is 0 Å². The second kappa shape index (κ2) is 5.63. The highest BCUT2D eigenvalue weighted by Gasteiger charge is 2.37. The van der Waals surface area contributed by atoms with E-state index in [1.165, 1.54) is 28.6 Å². The summed E-state index contributed by atoms with van der Waals surface area (Å²) in [6, 6.07) is 5.40. The van der Waals surface area contributed by atoms with Crippen molar-refractivity contribution in [1.82, 2.24) is 4.31 Å². The van der Waals surface area contributed by atoms with Crippen molar-refractivity contribution in [3.8, 4) is 0 Å². The number of benzene rings is 1. The van der Waals surface area contributed by atoms with Gasteiger partial charge in [0.15, 0.2) is 9.84 Å². The first kappa shape index (κ1) is 15.8. The van der Waals surface area contributed by atoms with E-state index in [2.05, 4.69) is 0 Å². The van der Waals surface area contributed by atoms with E-state index in [-0.39, 0.29) is 22.9 Å². The maximum atomic E-state index is 12.6. The molecule has 1 aliphatic heterocycles. The van der Waals surface area contributed by atoms with E-state index in [1.807, 2.05) is 0 Å². The molecule has 0 saturated carbocycles. The van der Waals surface area contributed by atoms with Crippen LogP contribution in [0.4, 0.5) is 0 Å². The van der Waals surface area contributed by atoms with Gasteiger partial charge in [-0.25, -0.2) is 16.8 Å². The summed E-state index contributed by atoms with van der Waals surface area (Å²) < 4.78 is 49.4. The zero-order chi connectivity index (χ0) is 15.0. The van der Waals surface area contributed by atoms with Gasteiger partial charge >= 0.3 is 0 Å². The van der Waals surface area contributed by atoms with Gasteiger partial charge in [0.25, 0.3) is 0 Å². The van der Waals surface area contributed by atoms with E-state index in [0.717, 1.165) is 0 Å². The monoisotopic (exact) mass is 337 g/mol. The molecule has 1 heterocycles. The Hall–Kier alpha value is -0.630. The van der Waals surface area contributed by atoms with Gasteiger partial charge < -0.3 is 0 Å². The summed E-state index contributed by atoms with van der Waals surface area (Å²) >= 11 is 5.75. The molecule has 1 aliphatic rings. The lowest BCUT2D eigenvalue weighted by Crippen LogP contribution is -2.40. The fraction of sp³-hybridized carbons (Fsp3) is 0.500. The zero-order valence-corrected chi connectivity index (χ0v) is 13.4. The van der Waals surface area contributed by atoms with Crippen LogP contribution in [0.1, 0.15) is 13.3 Å². The van der Waals surface area contributed by atoms with Gasteiger partial charge in [0.2, 0.25) is 10.0 Å². The molecule has 0 amide bonds. The third-order valence-corrected chi connectivity index (χ3v) is 7.39. The Balaban J connectivity index is 2.33. The molecule has 0 aromatic heterocycles. The van der Waals surface area contributed by atoms with Crippen LogP contribution in [0.5, 0.6) is 0 Å². The van der Waals surface area contributed by atoms with Gasteiger partial charge in [0.05, 0.1) is 16.4 Å². The molecule has 0 N–H and O–H groups in total. The molecular formula is C12H16ClNO4S2. The molecule has 0 spiro atoms. The normalized spacial score (nSPS) is 22.2. The molecule has 1 atom stereocenters. The second-order valence-electron chi connectivity index (χ2n) is 4.72. The van der Waals surface area contributed by atoms with Crippen molar-refractivity contribution in [2.75, 3.05) is 18.1 Å². The quantitative estimate of drug-likeness (QED) is 0.835. The summed E-state index contributed by atoms with van der Waals surface area (Å²) in [6.07, 6.45) is 0.350. The highest BCUT2D eigenvalue weighted by atomic mass is 35.5. The van der Waals surface area contributed by atoms with Crippen molar-refractivity contribution in [3.05, 3.63) is 29.3 Å². The molecule has 1 aromatic carbocycles. The predicted molar refractivity (Wildman–Crippen MR) is 78.1 cm³/mol. The van der Waals surface area contributed by atoms with Crippen molar-refractivity contribution < 1.29 is 16.8 Å². The zero-order valence-electron chi connectivity index (χ0n) is 11.0. The second-order valence-corrected chi connectivity index (χ2v) is 9.27. The fourth-order valence-electron chi connectivity index (χ4n) is 2.37. The Morgan fingerprint density at radius 2 is 1.90 bits per heavy atom. The lowest BCUT2D eigenvalue weighted by atomic mass is 10.3. The Morgan fingerprint density at radius 1 is 1.30 bits per heavy atom. The molecule has 20 heavy (non-hydrogen) atoms.